The van der Waals surface area contributed by atoms with Crippen molar-refractivity contribution in [3.05, 3.63) is 0 Å². The molecule has 8 atom stereocenters. The van der Waals surface area contributed by atoms with Crippen molar-refractivity contribution in [3.8, 4) is 0 Å². The lowest BCUT2D eigenvalue weighted by molar-refractivity contribution is -0.0965. The van der Waals surface area contributed by atoms with E-state index in [2.05, 4.69) is 12.1 Å². The highest BCUT2D eigenvalue weighted by Gasteiger charge is 2.57. The third kappa shape index (κ3) is 2.45. The van der Waals surface area contributed by atoms with E-state index in [1.807, 2.05) is 13.8 Å². The summed E-state index contributed by atoms with van der Waals surface area (Å²) < 4.78 is 0. The molecule has 0 aromatic carbocycles. The van der Waals surface area contributed by atoms with Gasteiger partial charge >= 0.3 is 0 Å². The molecule has 4 saturated carbocycles. The number of rotatable bonds is 1. The number of aliphatic hydroxyl groups is 1. The van der Waals surface area contributed by atoms with Crippen LogP contribution in [0.2, 0.25) is 0 Å². The lowest BCUT2D eigenvalue weighted by Gasteiger charge is -2.57. The molecule has 136 valence electrons. The van der Waals surface area contributed by atoms with Crippen molar-refractivity contribution in [2.45, 2.75) is 84.2 Å². The van der Waals surface area contributed by atoms with E-state index >= 15 is 0 Å². The van der Waals surface area contributed by atoms with Crippen LogP contribution in [0.5, 0.6) is 0 Å². The molecule has 0 radical (unpaired) electrons. The molecule has 2 N–H and O–H groups in total. The molecule has 4 fully saturated rings. The maximum Gasteiger partial charge on any atom is 0.0622 e. The molecule has 0 aromatic rings. The molecular formula is C21H35NO2. The molecule has 3 nitrogen and oxygen atoms in total. The summed E-state index contributed by atoms with van der Waals surface area (Å²) >= 11 is 0. The van der Waals surface area contributed by atoms with E-state index in [1.165, 1.54) is 44.9 Å². The largest absolute Gasteiger partial charge is 0.411 e. The van der Waals surface area contributed by atoms with Crippen LogP contribution in [0.4, 0.5) is 0 Å². The summed E-state index contributed by atoms with van der Waals surface area (Å²) in [6, 6.07) is 0. The summed E-state index contributed by atoms with van der Waals surface area (Å²) in [6.07, 6.45) is 11.2. The molecule has 3 heteroatoms. The standard InChI is InChI=1S/C21H35NO2/c1-13(22-24)18-6-7-19-17-5-4-14-12-20(2,23)10-8-15(14)16(17)9-11-21(18,19)3/h14-19,23-24H,4-12H2,1-3H3/b22-13+/t14-,15+,16?,17-,18-,19?,20-,21-/m1/s1. The summed E-state index contributed by atoms with van der Waals surface area (Å²) in [5.74, 6) is 4.70. The van der Waals surface area contributed by atoms with E-state index in [4.69, 9.17) is 0 Å². The quantitative estimate of drug-likeness (QED) is 0.409. The van der Waals surface area contributed by atoms with Crippen LogP contribution in [0.1, 0.15) is 78.6 Å². The molecule has 4 rings (SSSR count). The lowest BCUT2D eigenvalue weighted by atomic mass is 9.49. The van der Waals surface area contributed by atoms with Crippen LogP contribution in [-0.4, -0.2) is 21.6 Å². The summed E-state index contributed by atoms with van der Waals surface area (Å²) in [5, 5.41) is 23.4. The van der Waals surface area contributed by atoms with Crippen LogP contribution >= 0.6 is 0 Å². The first-order valence-electron chi connectivity index (χ1n) is 10.3. The molecule has 0 bridgehead atoms. The van der Waals surface area contributed by atoms with Gasteiger partial charge in [0.25, 0.3) is 0 Å². The Morgan fingerprint density at radius 1 is 0.917 bits per heavy atom. The molecule has 0 saturated heterocycles. The average molecular weight is 334 g/mol. The van der Waals surface area contributed by atoms with Gasteiger partial charge in [-0.2, -0.15) is 0 Å². The second-order valence-corrected chi connectivity index (χ2v) is 10.1. The Morgan fingerprint density at radius 2 is 1.67 bits per heavy atom. The second-order valence-electron chi connectivity index (χ2n) is 10.1. The van der Waals surface area contributed by atoms with Gasteiger partial charge in [-0.25, -0.2) is 0 Å². The molecule has 0 aromatic heterocycles. The number of nitrogens with zero attached hydrogens (tertiary/aromatic N) is 1. The maximum atomic E-state index is 10.5. The zero-order chi connectivity index (χ0) is 17.1. The molecule has 0 amide bonds. The molecular weight excluding hydrogens is 298 g/mol. The van der Waals surface area contributed by atoms with E-state index < -0.39 is 5.60 Å². The van der Waals surface area contributed by atoms with Crippen LogP contribution in [-0.2, 0) is 0 Å². The van der Waals surface area contributed by atoms with Gasteiger partial charge in [-0.15, -0.1) is 0 Å². The van der Waals surface area contributed by atoms with Gasteiger partial charge in [0.15, 0.2) is 0 Å². The summed E-state index contributed by atoms with van der Waals surface area (Å²) in [4.78, 5) is 0. The first kappa shape index (κ1) is 16.9. The zero-order valence-electron chi connectivity index (χ0n) is 15.7. The topological polar surface area (TPSA) is 52.8 Å². The van der Waals surface area contributed by atoms with Gasteiger partial charge in [-0.3, -0.25) is 0 Å². The number of hydrogen-bond acceptors (Lipinski definition) is 3. The van der Waals surface area contributed by atoms with Gasteiger partial charge < -0.3 is 10.3 Å². The van der Waals surface area contributed by atoms with Crippen molar-refractivity contribution in [2.24, 2.45) is 46.1 Å². The van der Waals surface area contributed by atoms with Gasteiger partial charge in [0.05, 0.1) is 11.3 Å². The van der Waals surface area contributed by atoms with E-state index in [0.717, 1.165) is 48.1 Å². The summed E-state index contributed by atoms with van der Waals surface area (Å²) in [5.41, 5.74) is 0.898. The lowest BCUT2D eigenvalue weighted by Crippen LogP contribution is -2.50. The van der Waals surface area contributed by atoms with Crippen molar-refractivity contribution in [3.63, 3.8) is 0 Å². The Kier molecular flexibility index (Phi) is 4.02. The zero-order valence-corrected chi connectivity index (χ0v) is 15.7. The molecule has 24 heavy (non-hydrogen) atoms. The second kappa shape index (κ2) is 5.72. The van der Waals surface area contributed by atoms with Gasteiger partial charge in [-0.1, -0.05) is 12.1 Å². The van der Waals surface area contributed by atoms with Crippen LogP contribution in [0.3, 0.4) is 0 Å². The predicted octanol–water partition coefficient (Wildman–Crippen LogP) is 4.86. The minimum Gasteiger partial charge on any atom is -0.411 e. The highest BCUT2D eigenvalue weighted by atomic mass is 16.4. The van der Waals surface area contributed by atoms with E-state index in [1.54, 1.807) is 0 Å². The Labute approximate surface area is 146 Å². The monoisotopic (exact) mass is 333 g/mol. The molecule has 4 aliphatic rings. The Balaban J connectivity index is 1.55. The number of fused-ring (bicyclic) bond motifs is 5. The highest BCUT2D eigenvalue weighted by Crippen LogP contribution is 2.64. The van der Waals surface area contributed by atoms with Crippen molar-refractivity contribution >= 4 is 5.71 Å². The van der Waals surface area contributed by atoms with E-state index in [0.29, 0.717) is 11.3 Å². The van der Waals surface area contributed by atoms with E-state index in [-0.39, 0.29) is 0 Å². The SMILES string of the molecule is C/C(=N\O)[C@H]1CCC2[C@@H]3CC[C@@H]4C[C@](C)(O)CC[C@@H]4C3CC[C@@]21C. The van der Waals surface area contributed by atoms with Gasteiger partial charge in [0.1, 0.15) is 0 Å². The van der Waals surface area contributed by atoms with Crippen LogP contribution in [0, 0.1) is 40.9 Å². The normalized spacial score (nSPS) is 54.8. The minimum absolute atomic E-state index is 0.352. The van der Waals surface area contributed by atoms with Gasteiger partial charge in [-0.05, 0) is 107 Å². The molecule has 0 spiro atoms. The van der Waals surface area contributed by atoms with Crippen molar-refractivity contribution in [1.29, 1.82) is 0 Å². The molecule has 0 aliphatic heterocycles. The van der Waals surface area contributed by atoms with Crippen LogP contribution < -0.4 is 0 Å². The highest BCUT2D eigenvalue weighted by molar-refractivity contribution is 5.84. The fourth-order valence-corrected chi connectivity index (χ4v) is 7.84. The van der Waals surface area contributed by atoms with Gasteiger partial charge in [0, 0.05) is 5.92 Å². The Morgan fingerprint density at radius 3 is 2.42 bits per heavy atom. The van der Waals surface area contributed by atoms with Crippen molar-refractivity contribution < 1.29 is 10.3 Å². The Bertz CT molecular complexity index is 528. The smallest absolute Gasteiger partial charge is 0.0622 e. The van der Waals surface area contributed by atoms with Gasteiger partial charge in [0.2, 0.25) is 0 Å². The number of hydrogen-bond donors (Lipinski definition) is 2. The Hall–Kier alpha value is -0.570. The van der Waals surface area contributed by atoms with Crippen LogP contribution in [0.15, 0.2) is 5.16 Å². The minimum atomic E-state index is -0.412. The fourth-order valence-electron chi connectivity index (χ4n) is 7.84. The third-order valence-corrected chi connectivity index (χ3v) is 8.90. The third-order valence-electron chi connectivity index (χ3n) is 8.90. The first-order chi connectivity index (χ1) is 11.4. The number of oxime groups is 1. The summed E-state index contributed by atoms with van der Waals surface area (Å²) in [6.45, 7) is 6.55. The fraction of sp³-hybridized carbons (Fsp3) is 0.952. The summed E-state index contributed by atoms with van der Waals surface area (Å²) in [7, 11) is 0. The first-order valence-corrected chi connectivity index (χ1v) is 10.3. The molecule has 0 heterocycles. The van der Waals surface area contributed by atoms with Crippen LogP contribution in [0.25, 0.3) is 0 Å². The van der Waals surface area contributed by atoms with Crippen molar-refractivity contribution in [2.75, 3.05) is 0 Å². The molecule has 4 aliphatic carbocycles. The maximum absolute atomic E-state index is 10.5. The van der Waals surface area contributed by atoms with Crippen molar-refractivity contribution in [1.82, 2.24) is 0 Å². The van der Waals surface area contributed by atoms with E-state index in [9.17, 15) is 10.3 Å². The average Bonchev–Trinajstić information content (AvgIpc) is 2.90. The molecule has 2 unspecified atom stereocenters. The predicted molar refractivity (Wildman–Crippen MR) is 96.1 cm³/mol.